The Kier molecular flexibility index (Phi) is 7.06. The number of amides is 1. The van der Waals surface area contributed by atoms with Crippen LogP contribution in [0, 0.1) is 6.92 Å². The summed E-state index contributed by atoms with van der Waals surface area (Å²) in [5.74, 6) is 0.00707. The summed E-state index contributed by atoms with van der Waals surface area (Å²) < 4.78 is 8.38. The maximum atomic E-state index is 13.0. The first-order valence-electron chi connectivity index (χ1n) is 9.30. The van der Waals surface area contributed by atoms with Crippen LogP contribution in [-0.2, 0) is 17.8 Å². The molecule has 146 valence electrons. The molecular weight excluding hydrogens is 416 g/mol. The Hall–Kier alpha value is -2.37. The zero-order valence-electron chi connectivity index (χ0n) is 16.3. The first kappa shape index (κ1) is 20.4. The fraction of sp³-hybridized carbons (Fsp3) is 0.261. The molecule has 0 saturated carbocycles. The minimum absolute atomic E-state index is 0.00707. The SMILES string of the molecule is COCCN(Cc1cccn1Cc1ccc(C)cc1)C(=O)c1ccc(Br)cc1. The number of methoxy groups -OCH3 is 1. The van der Waals surface area contributed by atoms with E-state index >= 15 is 0 Å². The van der Waals surface area contributed by atoms with Crippen LogP contribution in [0.2, 0.25) is 0 Å². The van der Waals surface area contributed by atoms with Crippen LogP contribution >= 0.6 is 15.9 Å². The first-order valence-corrected chi connectivity index (χ1v) is 10.1. The van der Waals surface area contributed by atoms with Crippen molar-refractivity contribution in [2.75, 3.05) is 20.3 Å². The van der Waals surface area contributed by atoms with E-state index in [2.05, 4.69) is 63.9 Å². The van der Waals surface area contributed by atoms with Gasteiger partial charge in [0.2, 0.25) is 0 Å². The Morgan fingerprint density at radius 1 is 1.07 bits per heavy atom. The normalized spacial score (nSPS) is 10.8. The maximum absolute atomic E-state index is 13.0. The number of benzene rings is 2. The van der Waals surface area contributed by atoms with Crippen LogP contribution < -0.4 is 0 Å². The van der Waals surface area contributed by atoms with Crippen LogP contribution in [0.5, 0.6) is 0 Å². The van der Waals surface area contributed by atoms with Gasteiger partial charge >= 0.3 is 0 Å². The second kappa shape index (κ2) is 9.71. The number of hydrogen-bond acceptors (Lipinski definition) is 2. The fourth-order valence-electron chi connectivity index (χ4n) is 3.06. The van der Waals surface area contributed by atoms with E-state index in [4.69, 9.17) is 4.74 Å². The minimum Gasteiger partial charge on any atom is -0.383 e. The van der Waals surface area contributed by atoms with Crippen molar-refractivity contribution in [1.29, 1.82) is 0 Å². The van der Waals surface area contributed by atoms with Crippen molar-refractivity contribution < 1.29 is 9.53 Å². The van der Waals surface area contributed by atoms with Gasteiger partial charge in [0.05, 0.1) is 13.2 Å². The quantitative estimate of drug-likeness (QED) is 0.499. The highest BCUT2D eigenvalue weighted by atomic mass is 79.9. The number of ether oxygens (including phenoxy) is 1. The number of halogens is 1. The lowest BCUT2D eigenvalue weighted by molar-refractivity contribution is 0.0676. The Balaban J connectivity index is 1.77. The number of aryl methyl sites for hydroxylation is 1. The van der Waals surface area contributed by atoms with E-state index in [-0.39, 0.29) is 5.91 Å². The number of hydrogen-bond donors (Lipinski definition) is 0. The molecule has 0 saturated heterocycles. The van der Waals surface area contributed by atoms with Crippen molar-refractivity contribution in [1.82, 2.24) is 9.47 Å². The van der Waals surface area contributed by atoms with E-state index in [1.54, 1.807) is 7.11 Å². The van der Waals surface area contributed by atoms with Gasteiger partial charge in [-0.15, -0.1) is 0 Å². The number of rotatable bonds is 8. The number of nitrogens with zero attached hydrogens (tertiary/aromatic N) is 2. The van der Waals surface area contributed by atoms with Gasteiger partial charge < -0.3 is 14.2 Å². The molecular formula is C23H25BrN2O2. The molecule has 2 aromatic carbocycles. The zero-order chi connectivity index (χ0) is 19.9. The van der Waals surface area contributed by atoms with Gasteiger partial charge in [0, 0.05) is 42.1 Å². The molecule has 1 amide bonds. The van der Waals surface area contributed by atoms with Crippen molar-refractivity contribution in [3.8, 4) is 0 Å². The van der Waals surface area contributed by atoms with Crippen LogP contribution in [0.1, 0.15) is 27.2 Å². The molecule has 0 aliphatic carbocycles. The molecule has 5 heteroatoms. The summed E-state index contributed by atoms with van der Waals surface area (Å²) in [5.41, 5.74) is 4.27. The van der Waals surface area contributed by atoms with Gasteiger partial charge in [0.25, 0.3) is 5.91 Å². The van der Waals surface area contributed by atoms with Crippen LogP contribution in [0.25, 0.3) is 0 Å². The zero-order valence-corrected chi connectivity index (χ0v) is 17.9. The van der Waals surface area contributed by atoms with Gasteiger partial charge in [-0.05, 0) is 48.9 Å². The summed E-state index contributed by atoms with van der Waals surface area (Å²) >= 11 is 3.42. The Morgan fingerprint density at radius 2 is 1.79 bits per heavy atom. The maximum Gasteiger partial charge on any atom is 0.254 e. The van der Waals surface area contributed by atoms with Crippen LogP contribution in [-0.4, -0.2) is 35.6 Å². The first-order chi connectivity index (χ1) is 13.6. The van der Waals surface area contributed by atoms with Crippen LogP contribution in [0.4, 0.5) is 0 Å². The molecule has 0 fully saturated rings. The van der Waals surface area contributed by atoms with Gasteiger partial charge in [-0.25, -0.2) is 0 Å². The topological polar surface area (TPSA) is 34.5 Å². The summed E-state index contributed by atoms with van der Waals surface area (Å²) in [4.78, 5) is 14.9. The van der Waals surface area contributed by atoms with E-state index in [1.165, 1.54) is 11.1 Å². The highest BCUT2D eigenvalue weighted by Gasteiger charge is 2.17. The second-order valence-corrected chi connectivity index (χ2v) is 7.76. The molecule has 0 bridgehead atoms. The van der Waals surface area contributed by atoms with Crippen molar-refractivity contribution in [2.45, 2.75) is 20.0 Å². The largest absolute Gasteiger partial charge is 0.383 e. The molecule has 0 spiro atoms. The fourth-order valence-corrected chi connectivity index (χ4v) is 3.33. The van der Waals surface area contributed by atoms with E-state index in [0.717, 1.165) is 16.7 Å². The molecule has 28 heavy (non-hydrogen) atoms. The molecule has 0 radical (unpaired) electrons. The lowest BCUT2D eigenvalue weighted by Crippen LogP contribution is -2.34. The number of aromatic nitrogens is 1. The van der Waals surface area contributed by atoms with Crippen LogP contribution in [0.15, 0.2) is 71.3 Å². The second-order valence-electron chi connectivity index (χ2n) is 6.84. The summed E-state index contributed by atoms with van der Waals surface area (Å²) in [6.07, 6.45) is 2.06. The predicted molar refractivity (Wildman–Crippen MR) is 115 cm³/mol. The number of carbonyl (C=O) groups is 1. The van der Waals surface area contributed by atoms with E-state index in [0.29, 0.717) is 25.3 Å². The molecule has 3 aromatic rings. The predicted octanol–water partition coefficient (Wildman–Crippen LogP) is 4.90. The molecule has 0 atom stereocenters. The van der Waals surface area contributed by atoms with Crippen molar-refractivity contribution >= 4 is 21.8 Å². The van der Waals surface area contributed by atoms with E-state index in [1.807, 2.05) is 35.2 Å². The smallest absolute Gasteiger partial charge is 0.254 e. The molecule has 4 nitrogen and oxygen atoms in total. The monoisotopic (exact) mass is 440 g/mol. The molecule has 1 heterocycles. The third kappa shape index (κ3) is 5.33. The summed E-state index contributed by atoms with van der Waals surface area (Å²) in [6, 6.07) is 20.1. The highest BCUT2D eigenvalue weighted by molar-refractivity contribution is 9.10. The van der Waals surface area contributed by atoms with Gasteiger partial charge in [-0.3, -0.25) is 4.79 Å². The van der Waals surface area contributed by atoms with Crippen molar-refractivity contribution in [3.63, 3.8) is 0 Å². The lowest BCUT2D eigenvalue weighted by Gasteiger charge is -2.23. The van der Waals surface area contributed by atoms with Gasteiger partial charge in [-0.2, -0.15) is 0 Å². The Bertz CT molecular complexity index is 901. The summed E-state index contributed by atoms with van der Waals surface area (Å²) in [7, 11) is 1.66. The molecule has 0 unspecified atom stereocenters. The third-order valence-electron chi connectivity index (χ3n) is 4.69. The highest BCUT2D eigenvalue weighted by Crippen LogP contribution is 2.16. The molecule has 0 N–H and O–H groups in total. The third-order valence-corrected chi connectivity index (χ3v) is 5.22. The van der Waals surface area contributed by atoms with Gasteiger partial charge in [-0.1, -0.05) is 45.8 Å². The average molecular weight is 441 g/mol. The Morgan fingerprint density at radius 3 is 2.46 bits per heavy atom. The van der Waals surface area contributed by atoms with E-state index < -0.39 is 0 Å². The average Bonchev–Trinajstić information content (AvgIpc) is 3.13. The molecule has 0 aliphatic rings. The standard InChI is InChI=1S/C23H25BrN2O2/c1-18-5-7-19(8-6-18)16-25-13-3-4-22(25)17-26(14-15-28-2)23(27)20-9-11-21(24)12-10-20/h3-13H,14-17H2,1-2H3. The van der Waals surface area contributed by atoms with Gasteiger partial charge in [0.15, 0.2) is 0 Å². The number of carbonyl (C=O) groups excluding carboxylic acids is 1. The van der Waals surface area contributed by atoms with Gasteiger partial charge in [0.1, 0.15) is 0 Å². The lowest BCUT2D eigenvalue weighted by atomic mass is 10.1. The van der Waals surface area contributed by atoms with Crippen LogP contribution in [0.3, 0.4) is 0 Å². The van der Waals surface area contributed by atoms with Crippen molar-refractivity contribution in [2.24, 2.45) is 0 Å². The molecule has 1 aromatic heterocycles. The molecule has 3 rings (SSSR count). The summed E-state index contributed by atoms with van der Waals surface area (Å²) in [5, 5.41) is 0. The molecule has 0 aliphatic heterocycles. The van der Waals surface area contributed by atoms with Crippen molar-refractivity contribution in [3.05, 3.63) is 93.7 Å². The minimum atomic E-state index is 0.00707. The Labute approximate surface area is 174 Å². The van der Waals surface area contributed by atoms with E-state index in [9.17, 15) is 4.79 Å². The summed E-state index contributed by atoms with van der Waals surface area (Å²) in [6.45, 7) is 4.46.